The van der Waals surface area contributed by atoms with Gasteiger partial charge in [0.15, 0.2) is 17.3 Å². The average molecular weight is 439 g/mol. The van der Waals surface area contributed by atoms with Crippen LogP contribution in [0, 0.1) is 6.92 Å². The number of rotatable bonds is 11. The van der Waals surface area contributed by atoms with E-state index in [1.165, 1.54) is 20.0 Å². The fourth-order valence-electron chi connectivity index (χ4n) is 3.22. The minimum atomic E-state index is -0.306. The van der Waals surface area contributed by atoms with Crippen LogP contribution >= 0.6 is 23.2 Å². The monoisotopic (exact) mass is 438 g/mol. The second-order valence-electron chi connectivity index (χ2n) is 6.82. The number of unbranched alkanes of at least 4 members (excludes halogenated alkanes) is 4. The van der Waals surface area contributed by atoms with Crippen LogP contribution in [0.4, 0.5) is 0 Å². The zero-order valence-electron chi connectivity index (χ0n) is 17.4. The highest BCUT2D eigenvalue weighted by atomic mass is 35.5. The smallest absolute Gasteiger partial charge is 0.204 e. The molecule has 0 fully saturated rings. The summed E-state index contributed by atoms with van der Waals surface area (Å²) in [6, 6.07) is 6.75. The Balaban J connectivity index is 2.46. The van der Waals surface area contributed by atoms with Crippen molar-refractivity contribution < 1.29 is 19.0 Å². The summed E-state index contributed by atoms with van der Waals surface area (Å²) in [7, 11) is 3.08. The lowest BCUT2D eigenvalue weighted by Crippen LogP contribution is -2.12. The van der Waals surface area contributed by atoms with Crippen molar-refractivity contribution in [3.8, 4) is 17.2 Å². The minimum absolute atomic E-state index is 0.249. The van der Waals surface area contributed by atoms with Gasteiger partial charge in [-0.15, -0.1) is 0 Å². The summed E-state index contributed by atoms with van der Waals surface area (Å²) in [5.41, 5.74) is 1.33. The summed E-state index contributed by atoms with van der Waals surface area (Å²) in [4.78, 5) is 13.4. The molecule has 6 heteroatoms. The lowest BCUT2D eigenvalue weighted by atomic mass is 9.96. The van der Waals surface area contributed by atoms with Crippen LogP contribution in [-0.2, 0) is 0 Å². The quantitative estimate of drug-likeness (QED) is 0.282. The molecule has 0 saturated carbocycles. The second kappa shape index (κ2) is 11.3. The number of carbonyl (C=O) groups is 1. The molecule has 0 saturated heterocycles. The molecular formula is C23H28Cl2O4. The van der Waals surface area contributed by atoms with Crippen molar-refractivity contribution in [2.75, 3.05) is 20.8 Å². The molecule has 0 aliphatic rings. The van der Waals surface area contributed by atoms with E-state index in [2.05, 4.69) is 6.92 Å². The highest BCUT2D eigenvalue weighted by Gasteiger charge is 2.27. The van der Waals surface area contributed by atoms with Gasteiger partial charge in [0, 0.05) is 0 Å². The van der Waals surface area contributed by atoms with E-state index < -0.39 is 0 Å². The van der Waals surface area contributed by atoms with Crippen LogP contribution in [0.5, 0.6) is 17.2 Å². The third kappa shape index (κ3) is 5.58. The molecule has 2 aromatic carbocycles. The molecule has 0 atom stereocenters. The molecule has 0 bridgehead atoms. The highest BCUT2D eigenvalue weighted by Crippen LogP contribution is 2.44. The third-order valence-corrected chi connectivity index (χ3v) is 5.36. The van der Waals surface area contributed by atoms with Gasteiger partial charge in [-0.3, -0.25) is 4.79 Å². The first-order valence-corrected chi connectivity index (χ1v) is 10.6. The number of ketones is 1. The summed E-state index contributed by atoms with van der Waals surface area (Å²) in [5.74, 6) is 0.951. The van der Waals surface area contributed by atoms with Gasteiger partial charge in [0.25, 0.3) is 0 Å². The zero-order chi connectivity index (χ0) is 21.4. The molecule has 0 radical (unpaired) electrons. The number of aryl methyl sites for hydroxylation is 1. The largest absolute Gasteiger partial charge is 0.493 e. The van der Waals surface area contributed by atoms with Gasteiger partial charge in [-0.05, 0) is 37.1 Å². The topological polar surface area (TPSA) is 44.8 Å². The molecule has 2 aromatic rings. The van der Waals surface area contributed by atoms with Crippen molar-refractivity contribution in [2.24, 2.45) is 0 Å². The van der Waals surface area contributed by atoms with Crippen LogP contribution in [0.3, 0.4) is 0 Å². The van der Waals surface area contributed by atoms with Crippen LogP contribution in [0.15, 0.2) is 24.3 Å². The van der Waals surface area contributed by atoms with Crippen molar-refractivity contribution in [1.29, 1.82) is 0 Å². The van der Waals surface area contributed by atoms with Gasteiger partial charge in [-0.2, -0.15) is 0 Å². The van der Waals surface area contributed by atoms with Gasteiger partial charge in [0.05, 0.1) is 42.0 Å². The number of hydrogen-bond donors (Lipinski definition) is 0. The molecule has 0 amide bonds. The van der Waals surface area contributed by atoms with Gasteiger partial charge < -0.3 is 14.2 Å². The Bertz CT molecular complexity index is 829. The zero-order valence-corrected chi connectivity index (χ0v) is 19.0. The van der Waals surface area contributed by atoms with Gasteiger partial charge in [0.1, 0.15) is 0 Å². The molecule has 4 nitrogen and oxygen atoms in total. The van der Waals surface area contributed by atoms with Crippen LogP contribution in [0.25, 0.3) is 0 Å². The van der Waals surface area contributed by atoms with Crippen LogP contribution in [0.2, 0.25) is 10.0 Å². The van der Waals surface area contributed by atoms with Gasteiger partial charge >= 0.3 is 0 Å². The van der Waals surface area contributed by atoms with Crippen molar-refractivity contribution in [3.05, 3.63) is 51.0 Å². The Labute approximate surface area is 183 Å². The molecule has 29 heavy (non-hydrogen) atoms. The molecule has 0 aromatic heterocycles. The SMILES string of the molecule is CCCCCCCOc1c(OC)c(OC)cc(C)c1C(=O)c1c(Cl)cccc1Cl. The lowest BCUT2D eigenvalue weighted by Gasteiger charge is -2.20. The Hall–Kier alpha value is -1.91. The van der Waals surface area contributed by atoms with E-state index in [1.807, 2.05) is 6.92 Å². The molecule has 0 heterocycles. The third-order valence-electron chi connectivity index (χ3n) is 4.73. The number of benzene rings is 2. The van der Waals surface area contributed by atoms with Crippen LogP contribution in [-0.4, -0.2) is 26.6 Å². The van der Waals surface area contributed by atoms with Gasteiger partial charge in [-0.25, -0.2) is 0 Å². The number of halogens is 2. The van der Waals surface area contributed by atoms with E-state index in [4.69, 9.17) is 37.4 Å². The standard InChI is InChI=1S/C23H28Cl2O4/c1-5-6-7-8-9-13-29-23-19(15(2)14-18(27-3)22(23)28-4)21(26)20-16(24)11-10-12-17(20)25/h10-12,14H,5-9,13H2,1-4H3. The molecule has 0 unspecified atom stereocenters. The predicted molar refractivity (Wildman–Crippen MR) is 118 cm³/mol. The first-order chi connectivity index (χ1) is 14.0. The number of carbonyl (C=O) groups excluding carboxylic acids is 1. The minimum Gasteiger partial charge on any atom is -0.493 e. The van der Waals surface area contributed by atoms with E-state index in [9.17, 15) is 4.79 Å². The van der Waals surface area contributed by atoms with Crippen molar-refractivity contribution in [2.45, 2.75) is 46.0 Å². The molecule has 0 aliphatic heterocycles. The molecular weight excluding hydrogens is 411 g/mol. The van der Waals surface area contributed by atoms with Crippen molar-refractivity contribution in [1.82, 2.24) is 0 Å². The maximum atomic E-state index is 13.4. The molecule has 0 N–H and O–H groups in total. The van der Waals surface area contributed by atoms with Crippen molar-refractivity contribution >= 4 is 29.0 Å². The molecule has 2 rings (SSSR count). The van der Waals surface area contributed by atoms with E-state index in [0.717, 1.165) is 19.3 Å². The van der Waals surface area contributed by atoms with E-state index in [-0.39, 0.29) is 11.3 Å². The predicted octanol–water partition coefficient (Wildman–Crippen LogP) is 6.90. The van der Waals surface area contributed by atoms with Crippen LogP contribution in [0.1, 0.15) is 60.5 Å². The van der Waals surface area contributed by atoms with E-state index in [1.54, 1.807) is 31.4 Å². The van der Waals surface area contributed by atoms with Crippen molar-refractivity contribution in [3.63, 3.8) is 0 Å². The maximum Gasteiger partial charge on any atom is 0.204 e. The first-order valence-electron chi connectivity index (χ1n) is 9.83. The van der Waals surface area contributed by atoms with E-state index in [0.29, 0.717) is 45.0 Å². The number of methoxy groups -OCH3 is 2. The summed E-state index contributed by atoms with van der Waals surface area (Å²) in [6.07, 6.45) is 5.51. The Kier molecular flexibility index (Phi) is 9.12. The molecule has 0 spiro atoms. The number of hydrogen-bond acceptors (Lipinski definition) is 4. The summed E-state index contributed by atoms with van der Waals surface area (Å²) in [5, 5.41) is 0.587. The second-order valence-corrected chi connectivity index (χ2v) is 7.64. The highest BCUT2D eigenvalue weighted by molar-refractivity contribution is 6.41. The van der Waals surface area contributed by atoms with Gasteiger partial charge in [-0.1, -0.05) is 61.9 Å². The molecule has 158 valence electrons. The fraction of sp³-hybridized carbons (Fsp3) is 0.435. The summed E-state index contributed by atoms with van der Waals surface area (Å²) >= 11 is 12.6. The Morgan fingerprint density at radius 1 is 0.931 bits per heavy atom. The van der Waals surface area contributed by atoms with Gasteiger partial charge in [0.2, 0.25) is 5.75 Å². The number of ether oxygens (including phenoxy) is 3. The first kappa shape index (κ1) is 23.4. The Morgan fingerprint density at radius 2 is 1.59 bits per heavy atom. The van der Waals surface area contributed by atoms with E-state index >= 15 is 0 Å². The van der Waals surface area contributed by atoms with Crippen LogP contribution < -0.4 is 14.2 Å². The summed E-state index contributed by atoms with van der Waals surface area (Å²) < 4.78 is 17.0. The molecule has 0 aliphatic carbocycles. The maximum absolute atomic E-state index is 13.4. The summed E-state index contributed by atoms with van der Waals surface area (Å²) in [6.45, 7) is 4.48. The average Bonchev–Trinajstić information content (AvgIpc) is 2.69. The fourth-order valence-corrected chi connectivity index (χ4v) is 3.79. The Morgan fingerprint density at radius 3 is 2.17 bits per heavy atom. The normalized spacial score (nSPS) is 10.7. The lowest BCUT2D eigenvalue weighted by molar-refractivity contribution is 0.103.